The van der Waals surface area contributed by atoms with E-state index in [1.165, 1.54) is 19.4 Å². The van der Waals surface area contributed by atoms with Crippen molar-refractivity contribution in [2.24, 2.45) is 5.41 Å². The Bertz CT molecular complexity index is 246. The Balaban J connectivity index is -0.000000595. The van der Waals surface area contributed by atoms with Crippen molar-refractivity contribution in [2.45, 2.75) is 73.8 Å². The quantitative estimate of drug-likeness (QED) is 0.727. The van der Waals surface area contributed by atoms with Crippen LogP contribution in [0.25, 0.3) is 0 Å². The Kier molecular flexibility index (Phi) is 14.7. The third-order valence-electron chi connectivity index (χ3n) is 3.48. The Morgan fingerprint density at radius 3 is 2.25 bits per heavy atom. The lowest BCUT2D eigenvalue weighted by atomic mass is 9.90. The van der Waals surface area contributed by atoms with E-state index >= 15 is 0 Å². The van der Waals surface area contributed by atoms with Gasteiger partial charge >= 0.3 is 0 Å². The molecule has 1 rings (SSSR count). The minimum absolute atomic E-state index is 0. The normalized spacial score (nSPS) is 19.4. The van der Waals surface area contributed by atoms with Crippen LogP contribution in [0.4, 0.5) is 0 Å². The van der Waals surface area contributed by atoms with E-state index < -0.39 is 0 Å². The minimum atomic E-state index is 0. The summed E-state index contributed by atoms with van der Waals surface area (Å²) < 4.78 is 0. The molecule has 0 amide bonds. The van der Waals surface area contributed by atoms with Crippen LogP contribution in [0.5, 0.6) is 0 Å². The maximum absolute atomic E-state index is 5.30. The maximum Gasteiger partial charge on any atom is 0.0214 e. The molecule has 122 valence electrons. The molecule has 0 bridgehead atoms. The first-order valence-corrected chi connectivity index (χ1v) is 8.46. The van der Waals surface area contributed by atoms with Crippen molar-refractivity contribution >= 4 is 0 Å². The highest BCUT2D eigenvalue weighted by molar-refractivity contribution is 4.88. The zero-order valence-electron chi connectivity index (χ0n) is 15.1. The first kappa shape index (κ1) is 21.8. The largest absolute Gasteiger partial charge is 0.313 e. The molecule has 2 heteroatoms. The van der Waals surface area contributed by atoms with Crippen LogP contribution in [0.1, 0.15) is 69.2 Å². The molecule has 0 aromatic heterocycles. The van der Waals surface area contributed by atoms with Crippen molar-refractivity contribution in [1.82, 2.24) is 10.2 Å². The summed E-state index contributed by atoms with van der Waals surface area (Å²) in [6.45, 7) is 19.4. The Morgan fingerprint density at radius 2 is 1.85 bits per heavy atom. The third kappa shape index (κ3) is 10.3. The highest BCUT2D eigenvalue weighted by Gasteiger charge is 2.30. The molecule has 1 aliphatic rings. The zero-order chi connectivity index (χ0) is 16.0. The molecule has 0 aliphatic carbocycles. The average Bonchev–Trinajstić information content (AvgIpc) is 2.83. The van der Waals surface area contributed by atoms with Crippen molar-refractivity contribution in [2.75, 3.05) is 26.2 Å². The summed E-state index contributed by atoms with van der Waals surface area (Å²) in [6.07, 6.45) is 8.73. The summed E-state index contributed by atoms with van der Waals surface area (Å²) in [5.41, 5.74) is 0.487. The lowest BCUT2D eigenvalue weighted by Crippen LogP contribution is -2.31. The molecule has 0 aromatic carbocycles. The standard InChI is InChI=1S/C14H26N2.2C2H6.H2/c1-5-7-9-16(6-2)10-8-13-11-14(3,4)12-15-13;2*1-2;/h1,13,15H,6-12H2,2-4H3;2*1-2H3;1H. The number of terminal acetylenes is 1. The van der Waals surface area contributed by atoms with Crippen LogP contribution in [-0.2, 0) is 0 Å². The van der Waals surface area contributed by atoms with Gasteiger partial charge in [0.15, 0.2) is 0 Å². The molecule has 0 aromatic rings. The molecule has 1 fully saturated rings. The lowest BCUT2D eigenvalue weighted by molar-refractivity contribution is 0.275. The molecule has 1 heterocycles. The van der Waals surface area contributed by atoms with Crippen molar-refractivity contribution in [3.8, 4) is 12.3 Å². The second kappa shape index (κ2) is 13.5. The molecular weight excluding hydrogens is 244 g/mol. The summed E-state index contributed by atoms with van der Waals surface area (Å²) in [5.74, 6) is 2.72. The van der Waals surface area contributed by atoms with Crippen LogP contribution in [-0.4, -0.2) is 37.1 Å². The van der Waals surface area contributed by atoms with Gasteiger partial charge in [-0.1, -0.05) is 48.5 Å². The molecule has 1 saturated heterocycles. The van der Waals surface area contributed by atoms with Crippen LogP contribution in [0.2, 0.25) is 0 Å². The van der Waals surface area contributed by atoms with Crippen molar-refractivity contribution < 1.29 is 1.43 Å². The maximum atomic E-state index is 5.30. The van der Waals surface area contributed by atoms with Crippen LogP contribution >= 0.6 is 0 Å². The molecule has 1 N–H and O–H groups in total. The van der Waals surface area contributed by atoms with Gasteiger partial charge in [-0.05, 0) is 31.3 Å². The highest BCUT2D eigenvalue weighted by Crippen LogP contribution is 2.28. The predicted octanol–water partition coefficient (Wildman–Crippen LogP) is 4.41. The van der Waals surface area contributed by atoms with Crippen LogP contribution in [0.3, 0.4) is 0 Å². The van der Waals surface area contributed by atoms with Gasteiger partial charge in [-0.15, -0.1) is 12.3 Å². The number of hydrogen-bond acceptors (Lipinski definition) is 2. The molecule has 1 atom stereocenters. The van der Waals surface area contributed by atoms with Crippen LogP contribution < -0.4 is 5.32 Å². The van der Waals surface area contributed by atoms with E-state index in [1.807, 2.05) is 27.7 Å². The average molecular weight is 285 g/mol. The summed E-state index contributed by atoms with van der Waals surface area (Å²) in [4.78, 5) is 2.45. The third-order valence-corrected chi connectivity index (χ3v) is 3.48. The van der Waals surface area contributed by atoms with E-state index in [1.54, 1.807) is 0 Å². The van der Waals surface area contributed by atoms with E-state index in [4.69, 9.17) is 6.42 Å². The van der Waals surface area contributed by atoms with E-state index in [2.05, 4.69) is 36.9 Å². The fourth-order valence-electron chi connectivity index (χ4n) is 2.43. The fraction of sp³-hybridized carbons (Fsp3) is 0.889. The fourth-order valence-corrected chi connectivity index (χ4v) is 2.43. The number of nitrogens with one attached hydrogen (secondary N) is 1. The Labute approximate surface area is 130 Å². The second-order valence-corrected chi connectivity index (χ2v) is 5.62. The predicted molar refractivity (Wildman–Crippen MR) is 95.2 cm³/mol. The van der Waals surface area contributed by atoms with Gasteiger partial charge in [-0.3, -0.25) is 0 Å². The van der Waals surface area contributed by atoms with Crippen LogP contribution in [0.15, 0.2) is 0 Å². The smallest absolute Gasteiger partial charge is 0.0214 e. The molecule has 20 heavy (non-hydrogen) atoms. The zero-order valence-corrected chi connectivity index (χ0v) is 15.1. The minimum Gasteiger partial charge on any atom is -0.313 e. The topological polar surface area (TPSA) is 15.3 Å². The Hall–Kier alpha value is -0.520. The molecule has 0 saturated carbocycles. The van der Waals surface area contributed by atoms with Gasteiger partial charge in [0.1, 0.15) is 0 Å². The van der Waals surface area contributed by atoms with Gasteiger partial charge in [0.25, 0.3) is 0 Å². The molecule has 0 radical (unpaired) electrons. The first-order chi connectivity index (χ1) is 9.57. The van der Waals surface area contributed by atoms with Gasteiger partial charge in [-0.2, -0.15) is 0 Å². The highest BCUT2D eigenvalue weighted by atomic mass is 15.1. The molecule has 1 unspecified atom stereocenters. The summed E-state index contributed by atoms with van der Waals surface area (Å²) >= 11 is 0. The van der Waals surface area contributed by atoms with E-state index in [9.17, 15) is 0 Å². The molecule has 0 spiro atoms. The second-order valence-electron chi connectivity index (χ2n) is 5.62. The van der Waals surface area contributed by atoms with E-state index in [-0.39, 0.29) is 1.43 Å². The number of nitrogens with zero attached hydrogens (tertiary/aromatic N) is 1. The van der Waals surface area contributed by atoms with Gasteiger partial charge in [0.2, 0.25) is 0 Å². The van der Waals surface area contributed by atoms with E-state index in [0.717, 1.165) is 26.1 Å². The number of rotatable bonds is 6. The van der Waals surface area contributed by atoms with Gasteiger partial charge in [-0.25, -0.2) is 0 Å². The van der Waals surface area contributed by atoms with E-state index in [0.29, 0.717) is 11.5 Å². The molecule has 1 aliphatic heterocycles. The van der Waals surface area contributed by atoms with Crippen LogP contribution in [0, 0.1) is 17.8 Å². The SMILES string of the molecule is C#CCCN(CC)CCC1CC(C)(C)CN1.CC.CC.[HH]. The molecule has 2 nitrogen and oxygen atoms in total. The van der Waals surface area contributed by atoms with Gasteiger partial charge in [0.05, 0.1) is 0 Å². The number of hydrogen-bond donors (Lipinski definition) is 1. The first-order valence-electron chi connectivity index (χ1n) is 8.46. The Morgan fingerprint density at radius 1 is 1.25 bits per heavy atom. The summed E-state index contributed by atoms with van der Waals surface area (Å²) in [7, 11) is 0. The lowest BCUT2D eigenvalue weighted by Gasteiger charge is -2.22. The van der Waals surface area contributed by atoms with Crippen molar-refractivity contribution in [3.63, 3.8) is 0 Å². The van der Waals surface area contributed by atoms with Crippen molar-refractivity contribution in [3.05, 3.63) is 0 Å². The summed E-state index contributed by atoms with van der Waals surface area (Å²) in [5, 5.41) is 3.62. The monoisotopic (exact) mass is 284 g/mol. The van der Waals surface area contributed by atoms with Crippen molar-refractivity contribution in [1.29, 1.82) is 0 Å². The molecular formula is C18H40N2. The van der Waals surface area contributed by atoms with Gasteiger partial charge < -0.3 is 10.2 Å². The summed E-state index contributed by atoms with van der Waals surface area (Å²) in [6, 6.07) is 0.704. The van der Waals surface area contributed by atoms with Gasteiger partial charge in [0, 0.05) is 27.0 Å².